The highest BCUT2D eigenvalue weighted by molar-refractivity contribution is 5.41. The normalized spacial score (nSPS) is 27.4. The molecular weight excluding hydrogens is 250 g/mol. The van der Waals surface area contributed by atoms with E-state index in [-0.39, 0.29) is 0 Å². The number of likely N-dealkylation sites (tertiary alicyclic amines) is 1. The SMILES string of the molecule is Cc1cccc(N2CCC[C@H]2CN2CCC[C@H]2CO)n1. The molecule has 4 heteroatoms. The molecule has 2 saturated heterocycles. The van der Waals surface area contributed by atoms with E-state index in [0.29, 0.717) is 18.7 Å². The maximum Gasteiger partial charge on any atom is 0.129 e. The summed E-state index contributed by atoms with van der Waals surface area (Å²) in [5.41, 5.74) is 1.09. The smallest absolute Gasteiger partial charge is 0.129 e. The van der Waals surface area contributed by atoms with E-state index in [1.165, 1.54) is 19.3 Å². The maximum absolute atomic E-state index is 9.46. The average molecular weight is 275 g/mol. The highest BCUT2D eigenvalue weighted by atomic mass is 16.3. The monoisotopic (exact) mass is 275 g/mol. The van der Waals surface area contributed by atoms with Crippen LogP contribution in [0.3, 0.4) is 0 Å². The largest absolute Gasteiger partial charge is 0.395 e. The lowest BCUT2D eigenvalue weighted by atomic mass is 10.2. The first-order valence-electron chi connectivity index (χ1n) is 7.83. The second-order valence-corrected chi connectivity index (χ2v) is 6.10. The standard InChI is InChI=1S/C16H25N3O/c1-13-5-2-8-16(17-13)19-10-4-6-14(19)11-18-9-3-7-15(18)12-20/h2,5,8,14-15,20H,3-4,6-7,9-12H2,1H3/t14-,15-/m0/s1. The fourth-order valence-electron chi connectivity index (χ4n) is 3.63. The minimum absolute atomic E-state index is 0.301. The number of nitrogens with zero attached hydrogens (tertiary/aromatic N) is 3. The van der Waals surface area contributed by atoms with Crippen LogP contribution >= 0.6 is 0 Å². The van der Waals surface area contributed by atoms with E-state index in [1.54, 1.807) is 0 Å². The van der Waals surface area contributed by atoms with Crippen LogP contribution < -0.4 is 4.90 Å². The van der Waals surface area contributed by atoms with Crippen LogP contribution in [-0.2, 0) is 0 Å². The van der Waals surface area contributed by atoms with Crippen LogP contribution in [-0.4, -0.2) is 53.3 Å². The molecular formula is C16H25N3O. The number of hydrogen-bond acceptors (Lipinski definition) is 4. The molecule has 0 radical (unpaired) electrons. The maximum atomic E-state index is 9.46. The number of hydrogen-bond donors (Lipinski definition) is 1. The van der Waals surface area contributed by atoms with Gasteiger partial charge in [-0.1, -0.05) is 6.07 Å². The van der Waals surface area contributed by atoms with Crippen molar-refractivity contribution in [2.45, 2.75) is 44.7 Å². The third-order valence-corrected chi connectivity index (χ3v) is 4.70. The Kier molecular flexibility index (Phi) is 4.22. The summed E-state index contributed by atoms with van der Waals surface area (Å²) in [5.74, 6) is 1.12. The van der Waals surface area contributed by atoms with Crippen molar-refractivity contribution in [2.75, 3.05) is 31.1 Å². The third kappa shape index (κ3) is 2.81. The highest BCUT2D eigenvalue weighted by Crippen LogP contribution is 2.27. The van der Waals surface area contributed by atoms with Crippen LogP contribution in [0.4, 0.5) is 5.82 Å². The van der Waals surface area contributed by atoms with Gasteiger partial charge >= 0.3 is 0 Å². The van der Waals surface area contributed by atoms with Gasteiger partial charge in [-0.05, 0) is 51.3 Å². The molecule has 0 unspecified atom stereocenters. The Balaban J connectivity index is 1.69. The molecule has 2 atom stereocenters. The minimum atomic E-state index is 0.301. The van der Waals surface area contributed by atoms with Gasteiger partial charge in [-0.2, -0.15) is 0 Å². The zero-order valence-corrected chi connectivity index (χ0v) is 12.3. The Morgan fingerprint density at radius 1 is 1.20 bits per heavy atom. The van der Waals surface area contributed by atoms with Gasteiger partial charge in [0.25, 0.3) is 0 Å². The molecule has 2 aliphatic rings. The molecule has 0 saturated carbocycles. The number of pyridine rings is 1. The summed E-state index contributed by atoms with van der Waals surface area (Å²) in [5, 5.41) is 9.46. The Labute approximate surface area is 121 Å². The van der Waals surface area contributed by atoms with Crippen molar-refractivity contribution >= 4 is 5.82 Å². The minimum Gasteiger partial charge on any atom is -0.395 e. The molecule has 2 fully saturated rings. The van der Waals surface area contributed by atoms with E-state index in [2.05, 4.69) is 39.9 Å². The van der Waals surface area contributed by atoms with Crippen LogP contribution in [0.15, 0.2) is 18.2 Å². The van der Waals surface area contributed by atoms with Gasteiger partial charge in [-0.3, -0.25) is 4.90 Å². The first-order valence-corrected chi connectivity index (χ1v) is 7.83. The van der Waals surface area contributed by atoms with E-state index in [9.17, 15) is 5.11 Å². The van der Waals surface area contributed by atoms with E-state index in [4.69, 9.17) is 0 Å². The Hall–Kier alpha value is -1.13. The van der Waals surface area contributed by atoms with Gasteiger partial charge in [-0.15, -0.1) is 0 Å². The van der Waals surface area contributed by atoms with Crippen molar-refractivity contribution in [2.24, 2.45) is 0 Å². The summed E-state index contributed by atoms with van der Waals surface area (Å²) in [6.07, 6.45) is 4.86. The van der Waals surface area contributed by atoms with Gasteiger partial charge in [0.2, 0.25) is 0 Å². The summed E-state index contributed by atoms with van der Waals surface area (Å²) in [6, 6.07) is 7.20. The fraction of sp³-hybridized carbons (Fsp3) is 0.688. The number of aliphatic hydroxyl groups is 1. The molecule has 1 aromatic rings. The summed E-state index contributed by atoms with van der Waals surface area (Å²) in [6.45, 7) is 5.67. The van der Waals surface area contributed by atoms with Crippen LogP contribution in [0.1, 0.15) is 31.4 Å². The number of aliphatic hydroxyl groups excluding tert-OH is 1. The van der Waals surface area contributed by atoms with Crippen molar-refractivity contribution in [1.29, 1.82) is 0 Å². The van der Waals surface area contributed by atoms with E-state index in [1.807, 2.05) is 0 Å². The molecule has 3 rings (SSSR count). The molecule has 20 heavy (non-hydrogen) atoms. The second-order valence-electron chi connectivity index (χ2n) is 6.10. The Morgan fingerprint density at radius 3 is 2.80 bits per heavy atom. The number of rotatable bonds is 4. The van der Waals surface area contributed by atoms with Crippen molar-refractivity contribution in [3.05, 3.63) is 23.9 Å². The predicted octanol–water partition coefficient (Wildman–Crippen LogP) is 1.82. The van der Waals surface area contributed by atoms with Crippen molar-refractivity contribution in [1.82, 2.24) is 9.88 Å². The zero-order valence-electron chi connectivity index (χ0n) is 12.3. The molecule has 1 N–H and O–H groups in total. The lowest BCUT2D eigenvalue weighted by molar-refractivity contribution is 0.153. The van der Waals surface area contributed by atoms with Crippen molar-refractivity contribution in [3.63, 3.8) is 0 Å². The molecule has 3 heterocycles. The van der Waals surface area contributed by atoms with Crippen molar-refractivity contribution in [3.8, 4) is 0 Å². The first kappa shape index (κ1) is 13.8. The van der Waals surface area contributed by atoms with Gasteiger partial charge in [0.15, 0.2) is 0 Å². The lowest BCUT2D eigenvalue weighted by Crippen LogP contribution is -2.43. The molecule has 0 amide bonds. The van der Waals surface area contributed by atoms with Crippen molar-refractivity contribution < 1.29 is 5.11 Å². The van der Waals surface area contributed by atoms with E-state index >= 15 is 0 Å². The van der Waals surface area contributed by atoms with Gasteiger partial charge < -0.3 is 10.0 Å². The van der Waals surface area contributed by atoms with E-state index < -0.39 is 0 Å². The van der Waals surface area contributed by atoms with Crippen LogP contribution in [0.2, 0.25) is 0 Å². The van der Waals surface area contributed by atoms with Crippen LogP contribution in [0, 0.1) is 6.92 Å². The van der Waals surface area contributed by atoms with E-state index in [0.717, 1.165) is 37.6 Å². The molecule has 1 aromatic heterocycles. The summed E-state index contributed by atoms with van der Waals surface area (Å²) in [7, 11) is 0. The molecule has 0 spiro atoms. The lowest BCUT2D eigenvalue weighted by Gasteiger charge is -2.32. The van der Waals surface area contributed by atoms with Gasteiger partial charge in [0, 0.05) is 30.9 Å². The molecule has 0 aliphatic carbocycles. The molecule has 110 valence electrons. The molecule has 0 bridgehead atoms. The number of anilines is 1. The molecule has 0 aromatic carbocycles. The quantitative estimate of drug-likeness (QED) is 0.910. The van der Waals surface area contributed by atoms with Crippen LogP contribution in [0.25, 0.3) is 0 Å². The Morgan fingerprint density at radius 2 is 2.00 bits per heavy atom. The molecule has 2 aliphatic heterocycles. The summed E-state index contributed by atoms with van der Waals surface area (Å²) >= 11 is 0. The summed E-state index contributed by atoms with van der Waals surface area (Å²) in [4.78, 5) is 9.61. The topological polar surface area (TPSA) is 39.6 Å². The number of aryl methyl sites for hydroxylation is 1. The van der Waals surface area contributed by atoms with Crippen LogP contribution in [0.5, 0.6) is 0 Å². The predicted molar refractivity (Wildman–Crippen MR) is 81.0 cm³/mol. The zero-order chi connectivity index (χ0) is 13.9. The first-order chi connectivity index (χ1) is 9.78. The van der Waals surface area contributed by atoms with Gasteiger partial charge in [-0.25, -0.2) is 4.98 Å². The summed E-state index contributed by atoms with van der Waals surface area (Å²) < 4.78 is 0. The number of aromatic nitrogens is 1. The molecule has 4 nitrogen and oxygen atoms in total. The van der Waals surface area contributed by atoms with Gasteiger partial charge in [0.1, 0.15) is 5.82 Å². The third-order valence-electron chi connectivity index (χ3n) is 4.70. The van der Waals surface area contributed by atoms with Gasteiger partial charge in [0.05, 0.1) is 6.61 Å². The fourth-order valence-corrected chi connectivity index (χ4v) is 3.63. The highest BCUT2D eigenvalue weighted by Gasteiger charge is 2.31. The second kappa shape index (κ2) is 6.10. The Bertz CT molecular complexity index is 451. The average Bonchev–Trinajstić information content (AvgIpc) is 3.08.